The average molecular weight is 370 g/mol. The number of hydrogen-bond donors (Lipinski definition) is 1. The van der Waals surface area contributed by atoms with E-state index in [-0.39, 0.29) is 18.1 Å². The van der Waals surface area contributed by atoms with Crippen LogP contribution in [0.2, 0.25) is 0 Å². The molecule has 0 aliphatic carbocycles. The molecule has 2 amide bonds. The minimum absolute atomic E-state index is 0.0252. The number of amides is 2. The van der Waals surface area contributed by atoms with E-state index in [9.17, 15) is 22.8 Å². The molecule has 0 atom stereocenters. The predicted molar refractivity (Wildman–Crippen MR) is 86.2 cm³/mol. The Morgan fingerprint density at radius 2 is 2.16 bits per heavy atom. The van der Waals surface area contributed by atoms with Crippen molar-refractivity contribution in [2.45, 2.75) is 6.18 Å². The lowest BCUT2D eigenvalue weighted by molar-refractivity contribution is -0.137. The number of aromatic nitrogens is 2. The molecule has 1 aliphatic rings. The van der Waals surface area contributed by atoms with Crippen LogP contribution in [0.1, 0.15) is 5.56 Å². The summed E-state index contributed by atoms with van der Waals surface area (Å²) in [7, 11) is 0. The number of thioether (sulfide) groups is 1. The van der Waals surface area contributed by atoms with Crippen molar-refractivity contribution in [3.05, 3.63) is 42.2 Å². The largest absolute Gasteiger partial charge is 0.416 e. The lowest BCUT2D eigenvalue weighted by Gasteiger charge is -2.17. The molecule has 25 heavy (non-hydrogen) atoms. The monoisotopic (exact) mass is 370 g/mol. The highest BCUT2D eigenvalue weighted by atomic mass is 32.2. The molecule has 3 rings (SSSR count). The van der Waals surface area contributed by atoms with Crippen LogP contribution in [0.5, 0.6) is 0 Å². The first kappa shape index (κ1) is 17.3. The Morgan fingerprint density at radius 1 is 1.36 bits per heavy atom. The molecule has 2 heterocycles. The number of benzene rings is 1. The van der Waals surface area contributed by atoms with Crippen molar-refractivity contribution < 1.29 is 22.8 Å². The quantitative estimate of drug-likeness (QED) is 0.897. The minimum Gasteiger partial charge on any atom is -0.323 e. The van der Waals surface area contributed by atoms with Crippen LogP contribution in [-0.4, -0.2) is 44.7 Å². The van der Waals surface area contributed by atoms with Gasteiger partial charge in [-0.05, 0) is 24.3 Å². The standard InChI is InChI=1S/C15H13F3N4O2S/c16-15(17,18)10-2-3-12(22-5-1-4-19-22)11(6-10)20-13(23)7-21-9-25-8-14(21)24/h1-6H,7-9H2,(H,20,23). The Hall–Kier alpha value is -2.49. The number of carbonyl (C=O) groups is 2. The lowest BCUT2D eigenvalue weighted by Crippen LogP contribution is -2.34. The van der Waals surface area contributed by atoms with E-state index in [1.807, 2.05) is 0 Å². The average Bonchev–Trinajstić information content (AvgIpc) is 3.19. The maximum absolute atomic E-state index is 13.0. The highest BCUT2D eigenvalue weighted by Gasteiger charge is 2.31. The van der Waals surface area contributed by atoms with Crippen molar-refractivity contribution in [2.24, 2.45) is 0 Å². The van der Waals surface area contributed by atoms with Crippen LogP contribution in [0.25, 0.3) is 5.69 Å². The first-order valence-electron chi connectivity index (χ1n) is 7.21. The van der Waals surface area contributed by atoms with E-state index in [2.05, 4.69) is 10.4 Å². The van der Waals surface area contributed by atoms with Gasteiger partial charge < -0.3 is 10.2 Å². The first-order valence-corrected chi connectivity index (χ1v) is 8.37. The van der Waals surface area contributed by atoms with E-state index in [1.54, 1.807) is 12.3 Å². The molecule has 0 spiro atoms. The third-order valence-corrected chi connectivity index (χ3v) is 4.45. The number of alkyl halides is 3. The van der Waals surface area contributed by atoms with Gasteiger partial charge in [-0.1, -0.05) is 0 Å². The predicted octanol–water partition coefficient (Wildman–Crippen LogP) is 2.36. The van der Waals surface area contributed by atoms with E-state index in [1.165, 1.54) is 33.6 Å². The summed E-state index contributed by atoms with van der Waals surface area (Å²) >= 11 is 1.38. The molecule has 0 unspecified atom stereocenters. The number of halogens is 3. The molecule has 1 aliphatic heterocycles. The van der Waals surface area contributed by atoms with Gasteiger partial charge in [0.05, 0.1) is 28.6 Å². The van der Waals surface area contributed by atoms with Crippen LogP contribution in [0.3, 0.4) is 0 Å². The van der Waals surface area contributed by atoms with Gasteiger partial charge in [0.1, 0.15) is 6.54 Å². The second kappa shape index (κ2) is 6.79. The van der Waals surface area contributed by atoms with Crippen LogP contribution in [0.15, 0.2) is 36.7 Å². The van der Waals surface area contributed by atoms with Crippen LogP contribution in [-0.2, 0) is 15.8 Å². The molecule has 0 saturated carbocycles. The Kier molecular flexibility index (Phi) is 4.71. The SMILES string of the molecule is O=C(CN1CSCC1=O)Nc1cc(C(F)(F)F)ccc1-n1cccn1. The number of rotatable bonds is 4. The molecule has 0 bridgehead atoms. The molecule has 1 saturated heterocycles. The fourth-order valence-corrected chi connectivity index (χ4v) is 3.23. The van der Waals surface area contributed by atoms with Gasteiger partial charge in [0.25, 0.3) is 0 Å². The van der Waals surface area contributed by atoms with Crippen molar-refractivity contribution in [3.8, 4) is 5.69 Å². The number of anilines is 1. The van der Waals surface area contributed by atoms with E-state index in [0.717, 1.165) is 12.1 Å². The van der Waals surface area contributed by atoms with E-state index >= 15 is 0 Å². The van der Waals surface area contributed by atoms with E-state index in [0.29, 0.717) is 17.3 Å². The highest BCUT2D eigenvalue weighted by Crippen LogP contribution is 2.33. The summed E-state index contributed by atoms with van der Waals surface area (Å²) in [6, 6.07) is 4.63. The summed E-state index contributed by atoms with van der Waals surface area (Å²) in [5.74, 6) is -0.0453. The molecule has 1 aromatic carbocycles. The number of nitrogens with zero attached hydrogens (tertiary/aromatic N) is 3. The lowest BCUT2D eigenvalue weighted by atomic mass is 10.1. The minimum atomic E-state index is -4.54. The fourth-order valence-electron chi connectivity index (χ4n) is 2.33. The normalized spacial score (nSPS) is 14.8. The van der Waals surface area contributed by atoms with Crippen LogP contribution in [0, 0.1) is 0 Å². The Bertz CT molecular complexity index is 793. The zero-order chi connectivity index (χ0) is 18.0. The molecule has 132 valence electrons. The van der Waals surface area contributed by atoms with Crippen molar-refractivity contribution in [1.82, 2.24) is 14.7 Å². The number of nitrogens with one attached hydrogen (secondary N) is 1. The molecule has 1 fully saturated rings. The van der Waals surface area contributed by atoms with Crippen molar-refractivity contribution in [1.29, 1.82) is 0 Å². The summed E-state index contributed by atoms with van der Waals surface area (Å²) in [6.07, 6.45) is -1.51. The van der Waals surface area contributed by atoms with Gasteiger partial charge in [-0.25, -0.2) is 4.68 Å². The molecule has 0 radical (unpaired) electrons. The fraction of sp³-hybridized carbons (Fsp3) is 0.267. The van der Waals surface area contributed by atoms with Gasteiger partial charge >= 0.3 is 6.18 Å². The maximum atomic E-state index is 13.0. The topological polar surface area (TPSA) is 67.2 Å². The van der Waals surface area contributed by atoms with Crippen LogP contribution >= 0.6 is 11.8 Å². The van der Waals surface area contributed by atoms with Crippen LogP contribution in [0.4, 0.5) is 18.9 Å². The number of carbonyl (C=O) groups excluding carboxylic acids is 2. The van der Waals surface area contributed by atoms with Gasteiger partial charge in [0.2, 0.25) is 11.8 Å². The summed E-state index contributed by atoms with van der Waals surface area (Å²) < 4.78 is 40.3. The van der Waals surface area contributed by atoms with Gasteiger partial charge in [0, 0.05) is 12.4 Å². The first-order chi connectivity index (χ1) is 11.8. The highest BCUT2D eigenvalue weighted by molar-refractivity contribution is 8.00. The molecule has 2 aromatic rings. The maximum Gasteiger partial charge on any atom is 0.416 e. The second-order valence-corrected chi connectivity index (χ2v) is 6.25. The molecule has 10 heteroatoms. The Balaban J connectivity index is 1.86. The second-order valence-electron chi connectivity index (χ2n) is 5.30. The van der Waals surface area contributed by atoms with Gasteiger partial charge in [-0.2, -0.15) is 18.3 Å². The molecule has 1 aromatic heterocycles. The van der Waals surface area contributed by atoms with E-state index in [4.69, 9.17) is 0 Å². The molecule has 1 N–H and O–H groups in total. The smallest absolute Gasteiger partial charge is 0.323 e. The number of hydrogen-bond acceptors (Lipinski definition) is 4. The van der Waals surface area contributed by atoms with Crippen molar-refractivity contribution in [3.63, 3.8) is 0 Å². The zero-order valence-corrected chi connectivity index (χ0v) is 13.6. The third-order valence-electron chi connectivity index (χ3n) is 3.51. The van der Waals surface area contributed by atoms with Gasteiger partial charge in [0.15, 0.2) is 0 Å². The van der Waals surface area contributed by atoms with Gasteiger partial charge in [-0.15, -0.1) is 11.8 Å². The Morgan fingerprint density at radius 3 is 2.76 bits per heavy atom. The third kappa shape index (κ3) is 3.95. The van der Waals surface area contributed by atoms with Gasteiger partial charge in [-0.3, -0.25) is 9.59 Å². The molecule has 6 nitrogen and oxygen atoms in total. The van der Waals surface area contributed by atoms with Crippen LogP contribution < -0.4 is 5.32 Å². The van der Waals surface area contributed by atoms with Crippen molar-refractivity contribution in [2.75, 3.05) is 23.5 Å². The van der Waals surface area contributed by atoms with Crippen molar-refractivity contribution >= 4 is 29.3 Å². The zero-order valence-electron chi connectivity index (χ0n) is 12.8. The summed E-state index contributed by atoms with van der Waals surface area (Å²) in [6.45, 7) is -0.208. The Labute approximate surface area is 145 Å². The molecular formula is C15H13F3N4O2S. The summed E-state index contributed by atoms with van der Waals surface area (Å²) in [4.78, 5) is 25.1. The molecular weight excluding hydrogens is 357 g/mol. The van der Waals surface area contributed by atoms with E-state index < -0.39 is 17.6 Å². The summed E-state index contributed by atoms with van der Waals surface area (Å²) in [5.41, 5.74) is -0.609. The summed E-state index contributed by atoms with van der Waals surface area (Å²) in [5, 5.41) is 6.43.